The first-order valence-corrected chi connectivity index (χ1v) is 11.2. The second kappa shape index (κ2) is 22.6. The van der Waals surface area contributed by atoms with Gasteiger partial charge >= 0.3 is 5.97 Å². The highest BCUT2D eigenvalue weighted by Gasteiger charge is 2.05. The van der Waals surface area contributed by atoms with E-state index in [1.54, 1.807) is 0 Å². The molecule has 1 atom stereocenters. The summed E-state index contributed by atoms with van der Waals surface area (Å²) in [5.41, 5.74) is 0. The van der Waals surface area contributed by atoms with Gasteiger partial charge in [0.05, 0.1) is 46.2 Å². The summed E-state index contributed by atoms with van der Waals surface area (Å²) < 4.78 is 27.2. The molecule has 0 aromatic carbocycles. The first-order chi connectivity index (χ1) is 13.7. The fraction of sp³-hybridized carbons (Fsp3) is 0.955. The predicted octanol–water partition coefficient (Wildman–Crippen LogP) is 4.39. The largest absolute Gasteiger partial charge is 0.466 e. The zero-order valence-electron chi connectivity index (χ0n) is 18.5. The highest BCUT2D eigenvalue weighted by Crippen LogP contribution is 2.12. The molecule has 0 radical (unpaired) electrons. The van der Waals surface area contributed by atoms with Gasteiger partial charge < -0.3 is 23.7 Å². The van der Waals surface area contributed by atoms with Crippen molar-refractivity contribution >= 4 is 5.97 Å². The van der Waals surface area contributed by atoms with Crippen LogP contribution in [0.2, 0.25) is 0 Å². The standard InChI is InChI=1S/C22H44O6/c1-4-7-10-21(6-3)20-27-19-18-26-17-16-25-15-14-24-12-9-11-22(23)28-13-8-5-2/h21H,4-20H2,1-3H3. The summed E-state index contributed by atoms with van der Waals surface area (Å²) in [6.07, 6.45) is 8.03. The molecule has 0 aliphatic rings. The fourth-order valence-electron chi connectivity index (χ4n) is 2.53. The molecule has 1 unspecified atom stereocenters. The maximum absolute atomic E-state index is 11.4. The van der Waals surface area contributed by atoms with Crippen LogP contribution in [0.15, 0.2) is 0 Å². The normalized spacial score (nSPS) is 12.2. The number of rotatable bonds is 22. The summed E-state index contributed by atoms with van der Waals surface area (Å²) in [6.45, 7) is 11.9. The first-order valence-electron chi connectivity index (χ1n) is 11.2. The number of hydrogen-bond donors (Lipinski definition) is 0. The third-order valence-electron chi connectivity index (χ3n) is 4.44. The Morgan fingerprint density at radius 2 is 1.25 bits per heavy atom. The zero-order valence-corrected chi connectivity index (χ0v) is 18.5. The molecular weight excluding hydrogens is 360 g/mol. The van der Waals surface area contributed by atoms with Crippen molar-refractivity contribution in [3.63, 3.8) is 0 Å². The van der Waals surface area contributed by atoms with E-state index in [0.717, 1.165) is 19.4 Å². The SMILES string of the molecule is CCCCOC(=O)CCCOCCOCCOCCOCC(CC)CCCC. The van der Waals surface area contributed by atoms with Gasteiger partial charge in [0.1, 0.15) is 0 Å². The minimum absolute atomic E-state index is 0.138. The van der Waals surface area contributed by atoms with E-state index < -0.39 is 0 Å². The summed E-state index contributed by atoms with van der Waals surface area (Å²) >= 11 is 0. The third kappa shape index (κ3) is 20.1. The van der Waals surface area contributed by atoms with Gasteiger partial charge in [0.25, 0.3) is 0 Å². The van der Waals surface area contributed by atoms with Crippen molar-refractivity contribution in [3.8, 4) is 0 Å². The lowest BCUT2D eigenvalue weighted by molar-refractivity contribution is -0.144. The summed E-state index contributed by atoms with van der Waals surface area (Å²) in [7, 11) is 0. The highest BCUT2D eigenvalue weighted by atomic mass is 16.6. The van der Waals surface area contributed by atoms with Gasteiger partial charge in [0, 0.05) is 19.6 Å². The summed E-state index contributed by atoms with van der Waals surface area (Å²) in [6, 6.07) is 0. The van der Waals surface area contributed by atoms with Gasteiger partial charge in [0.2, 0.25) is 0 Å². The molecule has 0 spiro atoms. The number of hydrogen-bond acceptors (Lipinski definition) is 6. The molecule has 168 valence electrons. The second-order valence-electron chi connectivity index (χ2n) is 7.01. The van der Waals surface area contributed by atoms with Gasteiger partial charge in [-0.05, 0) is 25.2 Å². The molecule has 0 saturated carbocycles. The number of carbonyl (C=O) groups excluding carboxylic acids is 1. The van der Waals surface area contributed by atoms with E-state index >= 15 is 0 Å². The van der Waals surface area contributed by atoms with Gasteiger partial charge in [-0.2, -0.15) is 0 Å². The molecule has 6 nitrogen and oxygen atoms in total. The molecular formula is C22H44O6. The lowest BCUT2D eigenvalue weighted by Crippen LogP contribution is -2.14. The smallest absolute Gasteiger partial charge is 0.305 e. The fourth-order valence-corrected chi connectivity index (χ4v) is 2.53. The molecule has 28 heavy (non-hydrogen) atoms. The van der Waals surface area contributed by atoms with Crippen LogP contribution in [0.3, 0.4) is 0 Å². The summed E-state index contributed by atoms with van der Waals surface area (Å²) in [5, 5.41) is 0. The van der Waals surface area contributed by atoms with Crippen molar-refractivity contribution in [1.29, 1.82) is 0 Å². The van der Waals surface area contributed by atoms with E-state index in [1.165, 1.54) is 25.7 Å². The molecule has 0 aliphatic heterocycles. The van der Waals surface area contributed by atoms with Crippen molar-refractivity contribution in [1.82, 2.24) is 0 Å². The Morgan fingerprint density at radius 1 is 0.679 bits per heavy atom. The van der Waals surface area contributed by atoms with Crippen LogP contribution in [0.25, 0.3) is 0 Å². The van der Waals surface area contributed by atoms with E-state index in [2.05, 4.69) is 20.8 Å². The van der Waals surface area contributed by atoms with Crippen molar-refractivity contribution in [3.05, 3.63) is 0 Å². The Balaban J connectivity index is 3.20. The van der Waals surface area contributed by atoms with Gasteiger partial charge in [-0.3, -0.25) is 4.79 Å². The number of unbranched alkanes of at least 4 members (excludes halogenated alkanes) is 2. The average Bonchev–Trinajstić information content (AvgIpc) is 2.70. The maximum Gasteiger partial charge on any atom is 0.305 e. The highest BCUT2D eigenvalue weighted by molar-refractivity contribution is 5.69. The molecule has 0 aromatic rings. The Morgan fingerprint density at radius 3 is 1.82 bits per heavy atom. The molecule has 0 N–H and O–H groups in total. The van der Waals surface area contributed by atoms with Crippen LogP contribution in [0, 0.1) is 5.92 Å². The van der Waals surface area contributed by atoms with Gasteiger partial charge in [0.15, 0.2) is 0 Å². The molecule has 0 aromatic heterocycles. The molecule has 0 bridgehead atoms. The van der Waals surface area contributed by atoms with E-state index in [1.807, 2.05) is 0 Å². The van der Waals surface area contributed by atoms with Crippen molar-refractivity contribution in [2.75, 3.05) is 59.5 Å². The molecule has 0 saturated heterocycles. The monoisotopic (exact) mass is 404 g/mol. The van der Waals surface area contributed by atoms with Crippen molar-refractivity contribution < 1.29 is 28.5 Å². The molecule has 0 aliphatic carbocycles. The molecule has 0 heterocycles. The average molecular weight is 405 g/mol. The van der Waals surface area contributed by atoms with Crippen LogP contribution in [0.4, 0.5) is 0 Å². The minimum atomic E-state index is -0.138. The van der Waals surface area contributed by atoms with Crippen LogP contribution in [-0.2, 0) is 28.5 Å². The second-order valence-corrected chi connectivity index (χ2v) is 7.01. The predicted molar refractivity (Wildman–Crippen MR) is 112 cm³/mol. The van der Waals surface area contributed by atoms with Gasteiger partial charge in [-0.1, -0.05) is 46.5 Å². The van der Waals surface area contributed by atoms with E-state index in [-0.39, 0.29) is 5.97 Å². The number of ether oxygens (including phenoxy) is 5. The van der Waals surface area contributed by atoms with Gasteiger partial charge in [-0.15, -0.1) is 0 Å². The van der Waals surface area contributed by atoms with Crippen molar-refractivity contribution in [2.45, 2.75) is 72.1 Å². The lowest BCUT2D eigenvalue weighted by atomic mass is 10.0. The Hall–Kier alpha value is -0.690. The first kappa shape index (κ1) is 27.3. The van der Waals surface area contributed by atoms with Gasteiger partial charge in [-0.25, -0.2) is 0 Å². The Kier molecular flexibility index (Phi) is 22.0. The molecule has 0 fully saturated rings. The van der Waals surface area contributed by atoms with Crippen LogP contribution < -0.4 is 0 Å². The van der Waals surface area contributed by atoms with Crippen LogP contribution in [0.1, 0.15) is 72.1 Å². The number of esters is 1. The van der Waals surface area contributed by atoms with Crippen LogP contribution in [0.5, 0.6) is 0 Å². The quantitative estimate of drug-likeness (QED) is 0.197. The molecule has 0 amide bonds. The van der Waals surface area contributed by atoms with Crippen LogP contribution >= 0.6 is 0 Å². The van der Waals surface area contributed by atoms with Crippen LogP contribution in [-0.4, -0.2) is 65.4 Å². The summed E-state index contributed by atoms with van der Waals surface area (Å²) in [4.78, 5) is 11.4. The lowest BCUT2D eigenvalue weighted by Gasteiger charge is -2.14. The van der Waals surface area contributed by atoms with E-state index in [4.69, 9.17) is 23.7 Å². The van der Waals surface area contributed by atoms with E-state index in [0.29, 0.717) is 71.6 Å². The summed E-state index contributed by atoms with van der Waals surface area (Å²) in [5.74, 6) is 0.538. The molecule has 6 heteroatoms. The van der Waals surface area contributed by atoms with Crippen molar-refractivity contribution in [2.24, 2.45) is 5.92 Å². The Bertz CT molecular complexity index is 324. The maximum atomic E-state index is 11.4. The molecule has 0 rings (SSSR count). The number of carbonyl (C=O) groups is 1. The Labute approximate surface area is 172 Å². The zero-order chi connectivity index (χ0) is 20.7. The minimum Gasteiger partial charge on any atom is -0.466 e. The van der Waals surface area contributed by atoms with E-state index in [9.17, 15) is 4.79 Å². The topological polar surface area (TPSA) is 63.2 Å². The third-order valence-corrected chi connectivity index (χ3v) is 4.44.